The summed E-state index contributed by atoms with van der Waals surface area (Å²) in [4.78, 5) is 31.1. The van der Waals surface area contributed by atoms with Crippen molar-refractivity contribution in [1.29, 1.82) is 0 Å². The van der Waals surface area contributed by atoms with E-state index in [9.17, 15) is 14.7 Å². The Hall–Kier alpha value is -4.01. The molecule has 9 heteroatoms. The molecule has 0 saturated carbocycles. The molecule has 148 valence electrons. The minimum atomic E-state index is -0.668. The molecule has 9 nitrogen and oxygen atoms in total. The fourth-order valence-corrected chi connectivity index (χ4v) is 3.17. The quantitative estimate of drug-likeness (QED) is 0.458. The van der Waals surface area contributed by atoms with E-state index in [0.29, 0.717) is 11.1 Å². The highest BCUT2D eigenvalue weighted by molar-refractivity contribution is 6.04. The number of hydrogen-bond acceptors (Lipinski definition) is 6. The number of fused-ring (bicyclic) bond motifs is 3. The minimum Gasteiger partial charge on any atom is -0.502 e. The Balaban J connectivity index is 1.86. The predicted octanol–water partition coefficient (Wildman–Crippen LogP) is 2.08. The Morgan fingerprint density at radius 2 is 1.72 bits per heavy atom. The fourth-order valence-electron chi connectivity index (χ4n) is 3.17. The van der Waals surface area contributed by atoms with Crippen molar-refractivity contribution < 1.29 is 14.6 Å². The summed E-state index contributed by atoms with van der Waals surface area (Å²) in [7, 11) is 2.80. The van der Waals surface area contributed by atoms with Crippen molar-refractivity contribution in [2.45, 2.75) is 6.92 Å². The highest BCUT2D eigenvalue weighted by atomic mass is 16.5. The summed E-state index contributed by atoms with van der Waals surface area (Å²) >= 11 is 0. The average Bonchev–Trinajstić information content (AvgIpc) is 3.06. The second-order valence-corrected chi connectivity index (χ2v) is 6.49. The highest BCUT2D eigenvalue weighted by Gasteiger charge is 2.13. The number of phenolic OH excluding ortho intramolecular Hbond substituents is 1. The van der Waals surface area contributed by atoms with Crippen LogP contribution < -0.4 is 20.7 Å². The lowest BCUT2D eigenvalue weighted by Gasteiger charge is -2.09. The maximum absolute atomic E-state index is 12.8. The summed E-state index contributed by atoms with van der Waals surface area (Å²) in [6, 6.07) is 8.67. The summed E-state index contributed by atoms with van der Waals surface area (Å²) in [5.41, 5.74) is 1.67. The monoisotopic (exact) mass is 394 g/mol. The van der Waals surface area contributed by atoms with Crippen LogP contribution in [0, 0.1) is 6.92 Å². The third-order valence-corrected chi connectivity index (χ3v) is 4.61. The predicted molar refractivity (Wildman–Crippen MR) is 110 cm³/mol. The number of rotatable bonds is 4. The van der Waals surface area contributed by atoms with Gasteiger partial charge in [-0.3, -0.25) is 4.79 Å². The lowest BCUT2D eigenvalue weighted by Crippen LogP contribution is -2.32. The molecule has 0 aliphatic rings. The largest absolute Gasteiger partial charge is 0.502 e. The number of aromatic amines is 2. The first-order valence-electron chi connectivity index (χ1n) is 8.69. The van der Waals surface area contributed by atoms with Gasteiger partial charge in [-0.25, -0.2) is 4.79 Å². The van der Waals surface area contributed by atoms with Gasteiger partial charge in [0, 0.05) is 16.5 Å². The number of benzene rings is 2. The molecule has 0 fully saturated rings. The number of aryl methyl sites for hydroxylation is 1. The van der Waals surface area contributed by atoms with Crippen LogP contribution >= 0.6 is 0 Å². The van der Waals surface area contributed by atoms with Crippen LogP contribution in [0.4, 0.5) is 0 Å². The Morgan fingerprint density at radius 3 is 2.38 bits per heavy atom. The van der Waals surface area contributed by atoms with Crippen molar-refractivity contribution in [1.82, 2.24) is 14.6 Å². The van der Waals surface area contributed by atoms with Crippen molar-refractivity contribution in [3.63, 3.8) is 0 Å². The normalized spacial score (nSPS) is 11.6. The Morgan fingerprint density at radius 1 is 1.03 bits per heavy atom. The molecule has 2 aromatic carbocycles. The molecule has 0 atom stereocenters. The van der Waals surface area contributed by atoms with Crippen LogP contribution in [0.15, 0.2) is 45.0 Å². The van der Waals surface area contributed by atoms with Crippen molar-refractivity contribution in [3.05, 3.63) is 62.3 Å². The molecular weight excluding hydrogens is 376 g/mol. The number of methoxy groups -OCH3 is 2. The highest BCUT2D eigenvalue weighted by Crippen LogP contribution is 2.36. The lowest BCUT2D eigenvalue weighted by molar-refractivity contribution is 0.340. The molecule has 0 spiro atoms. The number of phenols is 1. The molecule has 4 aromatic rings. The van der Waals surface area contributed by atoms with E-state index in [-0.39, 0.29) is 22.8 Å². The third kappa shape index (κ3) is 3.02. The van der Waals surface area contributed by atoms with Gasteiger partial charge in [0.2, 0.25) is 5.75 Å². The first-order valence-corrected chi connectivity index (χ1v) is 8.69. The van der Waals surface area contributed by atoms with E-state index in [1.54, 1.807) is 0 Å². The number of hydrogen-bond donors (Lipinski definition) is 3. The molecule has 3 N–H and O–H groups in total. The maximum Gasteiger partial charge on any atom is 0.350 e. The summed E-state index contributed by atoms with van der Waals surface area (Å²) in [5.74, 6) is 0.193. The zero-order valence-electron chi connectivity index (χ0n) is 15.9. The number of nitrogens with one attached hydrogen (secondary N) is 2. The zero-order valence-corrected chi connectivity index (χ0v) is 15.9. The molecule has 0 saturated heterocycles. The maximum atomic E-state index is 12.8. The molecule has 4 rings (SSSR count). The van der Waals surface area contributed by atoms with Crippen molar-refractivity contribution >= 4 is 28.2 Å². The molecule has 0 aliphatic carbocycles. The van der Waals surface area contributed by atoms with Gasteiger partial charge in [0.1, 0.15) is 5.52 Å². The van der Waals surface area contributed by atoms with E-state index in [1.165, 1.54) is 32.6 Å². The van der Waals surface area contributed by atoms with Crippen molar-refractivity contribution in [2.24, 2.45) is 5.10 Å². The molecule has 0 radical (unpaired) electrons. The van der Waals surface area contributed by atoms with Gasteiger partial charge in [0.15, 0.2) is 11.5 Å². The van der Waals surface area contributed by atoms with Crippen LogP contribution in [0.1, 0.15) is 11.1 Å². The van der Waals surface area contributed by atoms with E-state index in [4.69, 9.17) is 9.47 Å². The lowest BCUT2D eigenvalue weighted by atomic mass is 10.2. The topological polar surface area (TPSA) is 122 Å². The number of aromatic nitrogens is 3. The Kier molecular flexibility index (Phi) is 4.34. The Labute approximate surface area is 163 Å². The van der Waals surface area contributed by atoms with Crippen LogP contribution in [-0.4, -0.2) is 40.2 Å². The van der Waals surface area contributed by atoms with E-state index in [2.05, 4.69) is 15.1 Å². The minimum absolute atomic E-state index is 0.156. The third-order valence-electron chi connectivity index (χ3n) is 4.61. The van der Waals surface area contributed by atoms with Crippen LogP contribution in [0.5, 0.6) is 17.2 Å². The second kappa shape index (κ2) is 6.86. The van der Waals surface area contributed by atoms with Gasteiger partial charge in [-0.15, -0.1) is 4.68 Å². The summed E-state index contributed by atoms with van der Waals surface area (Å²) in [5, 5.41) is 14.8. The van der Waals surface area contributed by atoms with Gasteiger partial charge in [0.05, 0.1) is 26.0 Å². The summed E-state index contributed by atoms with van der Waals surface area (Å²) in [6.45, 7) is 1.93. The van der Waals surface area contributed by atoms with Gasteiger partial charge >= 0.3 is 11.2 Å². The van der Waals surface area contributed by atoms with Gasteiger partial charge in [0.25, 0.3) is 0 Å². The average molecular weight is 394 g/mol. The van der Waals surface area contributed by atoms with Crippen LogP contribution in [-0.2, 0) is 0 Å². The molecule has 0 bridgehead atoms. The number of aromatic hydroxyl groups is 1. The van der Waals surface area contributed by atoms with Gasteiger partial charge in [-0.05, 0) is 31.2 Å². The van der Waals surface area contributed by atoms with Crippen LogP contribution in [0.3, 0.4) is 0 Å². The molecule has 0 aliphatic heterocycles. The zero-order chi connectivity index (χ0) is 20.7. The molecule has 0 unspecified atom stereocenters. The first-order chi connectivity index (χ1) is 13.9. The molecule has 0 amide bonds. The van der Waals surface area contributed by atoms with E-state index < -0.39 is 11.2 Å². The van der Waals surface area contributed by atoms with E-state index >= 15 is 0 Å². The number of nitrogens with zero attached hydrogens (tertiary/aromatic N) is 2. The molecular formula is C20H18N4O5. The van der Waals surface area contributed by atoms with Crippen molar-refractivity contribution in [2.75, 3.05) is 14.2 Å². The number of ether oxygens (including phenoxy) is 2. The summed E-state index contributed by atoms with van der Waals surface area (Å²) in [6.07, 6.45) is 1.31. The summed E-state index contributed by atoms with van der Waals surface area (Å²) < 4.78 is 10.9. The van der Waals surface area contributed by atoms with E-state index in [1.807, 2.05) is 25.1 Å². The standard InChI is InChI=1S/C20H18N4O5/c1-10-4-5-13-12(6-10)16-17(22-13)19(26)24(20(27)23-16)21-9-11-7-14(28-2)18(25)15(8-11)29-3/h4-9,22,25H,1-3H3,(H,23,27)/b21-9+. The number of H-pyrrole nitrogens is 2. The Bertz CT molecular complexity index is 1370. The van der Waals surface area contributed by atoms with Gasteiger partial charge in [-0.2, -0.15) is 5.10 Å². The second-order valence-electron chi connectivity index (χ2n) is 6.49. The van der Waals surface area contributed by atoms with Gasteiger partial charge in [-0.1, -0.05) is 11.6 Å². The smallest absolute Gasteiger partial charge is 0.350 e. The molecule has 29 heavy (non-hydrogen) atoms. The van der Waals surface area contributed by atoms with Gasteiger partial charge < -0.3 is 24.5 Å². The van der Waals surface area contributed by atoms with Crippen LogP contribution in [0.2, 0.25) is 0 Å². The molecule has 2 aromatic heterocycles. The molecule has 2 heterocycles. The fraction of sp³-hybridized carbons (Fsp3) is 0.150. The van der Waals surface area contributed by atoms with Crippen LogP contribution in [0.25, 0.3) is 21.9 Å². The van der Waals surface area contributed by atoms with E-state index in [0.717, 1.165) is 21.1 Å². The van der Waals surface area contributed by atoms with Crippen molar-refractivity contribution in [3.8, 4) is 17.2 Å². The first kappa shape index (κ1) is 18.4. The SMILES string of the molecule is COc1cc(/C=N/n2c(=O)[nH]c3c([nH]c4ccc(C)cc43)c2=O)cc(OC)c1O.